The normalized spacial score (nSPS) is 38.4. The first kappa shape index (κ1) is 10.9. The quantitative estimate of drug-likeness (QED) is 0.642. The van der Waals surface area contributed by atoms with Crippen LogP contribution in [0.4, 0.5) is 0 Å². The summed E-state index contributed by atoms with van der Waals surface area (Å²) in [5, 5.41) is 18.0. The highest BCUT2D eigenvalue weighted by Gasteiger charge is 2.38. The highest BCUT2D eigenvalue weighted by atomic mass is 79.9. The molecule has 0 unspecified atom stereocenters. The predicted octanol–water partition coefficient (Wildman–Crippen LogP) is 3.06. The Balaban J connectivity index is 2.42. The molecule has 0 spiro atoms. The van der Waals surface area contributed by atoms with Gasteiger partial charge in [0.15, 0.2) is 0 Å². The Morgan fingerprint density at radius 2 is 1.40 bits per heavy atom. The van der Waals surface area contributed by atoms with E-state index < -0.39 is 0 Å². The van der Waals surface area contributed by atoms with Crippen LogP contribution >= 0.6 is 31.9 Å². The summed E-state index contributed by atoms with van der Waals surface area (Å²) in [6, 6.07) is 4.48. The molecule has 0 saturated carbocycles. The van der Waals surface area contributed by atoms with Gasteiger partial charge in [0.2, 0.25) is 0 Å². The van der Waals surface area contributed by atoms with Crippen molar-refractivity contribution in [2.75, 3.05) is 0 Å². The first-order valence-electron chi connectivity index (χ1n) is 4.69. The van der Waals surface area contributed by atoms with Crippen molar-refractivity contribution in [1.29, 1.82) is 10.5 Å². The molecule has 0 radical (unpaired) electrons. The fourth-order valence-corrected chi connectivity index (χ4v) is 3.76. The van der Waals surface area contributed by atoms with Gasteiger partial charge in [-0.1, -0.05) is 44.0 Å². The highest BCUT2D eigenvalue weighted by Crippen LogP contribution is 2.44. The summed E-state index contributed by atoms with van der Waals surface area (Å²) >= 11 is 7.05. The van der Waals surface area contributed by atoms with E-state index in [1.54, 1.807) is 0 Å². The lowest BCUT2D eigenvalue weighted by Gasteiger charge is -2.36. The second kappa shape index (κ2) is 4.12. The van der Waals surface area contributed by atoms with E-state index in [4.69, 9.17) is 10.5 Å². The minimum absolute atomic E-state index is 0.120. The van der Waals surface area contributed by atoms with Gasteiger partial charge in [-0.25, -0.2) is 0 Å². The van der Waals surface area contributed by atoms with Gasteiger partial charge < -0.3 is 0 Å². The molecule has 0 N–H and O–H groups in total. The van der Waals surface area contributed by atoms with Crippen molar-refractivity contribution >= 4 is 31.9 Å². The van der Waals surface area contributed by atoms with Gasteiger partial charge in [-0.2, -0.15) is 10.5 Å². The van der Waals surface area contributed by atoms with Crippen molar-refractivity contribution in [3.8, 4) is 12.1 Å². The number of halogens is 2. The fourth-order valence-electron chi connectivity index (χ4n) is 2.19. The fraction of sp³-hybridized carbons (Fsp3) is 0.455. The van der Waals surface area contributed by atoms with Crippen LogP contribution in [-0.4, -0.2) is 9.65 Å². The molecule has 0 aromatic heterocycles. The molecular formula is C11H8Br2N2. The van der Waals surface area contributed by atoms with Crippen LogP contribution in [0.1, 0.15) is 6.42 Å². The minimum atomic E-state index is 0.120. The molecule has 2 rings (SSSR count). The average molecular weight is 328 g/mol. The average Bonchev–Trinajstić information content (AvgIpc) is 2.25. The molecule has 2 aliphatic rings. The predicted molar refractivity (Wildman–Crippen MR) is 64.4 cm³/mol. The third-order valence-corrected chi connectivity index (χ3v) is 4.82. The SMILES string of the molecule is N#CC1=C[C@@H](Br)[C@H]2C[C@H]1[C@H](Br)C=C2C#N. The third kappa shape index (κ3) is 1.77. The summed E-state index contributed by atoms with van der Waals surface area (Å²) < 4.78 is 0. The zero-order valence-electron chi connectivity index (χ0n) is 7.82. The van der Waals surface area contributed by atoms with Crippen LogP contribution < -0.4 is 0 Å². The van der Waals surface area contributed by atoms with Gasteiger partial charge in [0.05, 0.1) is 12.1 Å². The molecular weight excluding hydrogens is 320 g/mol. The van der Waals surface area contributed by atoms with Crippen LogP contribution in [0.25, 0.3) is 0 Å². The molecule has 0 fully saturated rings. The first-order valence-corrected chi connectivity index (χ1v) is 6.52. The Bertz CT molecular complexity index is 385. The summed E-state index contributed by atoms with van der Waals surface area (Å²) in [6.45, 7) is 0. The van der Waals surface area contributed by atoms with Gasteiger partial charge in [0.25, 0.3) is 0 Å². The summed E-state index contributed by atoms with van der Waals surface area (Å²) in [6.07, 6.45) is 4.76. The van der Waals surface area contributed by atoms with Crippen molar-refractivity contribution in [3.63, 3.8) is 0 Å². The van der Waals surface area contributed by atoms with Gasteiger partial charge in [-0.3, -0.25) is 0 Å². The number of alkyl halides is 2. The van der Waals surface area contributed by atoms with Crippen molar-refractivity contribution in [1.82, 2.24) is 0 Å². The molecule has 2 bridgehead atoms. The molecule has 0 aromatic carbocycles. The standard InChI is InChI=1S/C11H8Br2N2/c12-10-1-6(4-14)8-3-9(10)7(5-15)2-11(8)13/h1-2,8-11H,3H2/t8-,9+,10-,11-/m1/s1. The smallest absolute Gasteiger partial charge is 0.0947 e. The molecule has 2 aliphatic carbocycles. The van der Waals surface area contributed by atoms with E-state index in [1.165, 1.54) is 0 Å². The Labute approximate surface area is 106 Å². The van der Waals surface area contributed by atoms with Gasteiger partial charge >= 0.3 is 0 Å². The maximum absolute atomic E-state index is 9.02. The maximum Gasteiger partial charge on any atom is 0.0947 e. The maximum atomic E-state index is 9.02. The highest BCUT2D eigenvalue weighted by molar-refractivity contribution is 9.10. The van der Waals surface area contributed by atoms with Gasteiger partial charge in [-0.15, -0.1) is 0 Å². The van der Waals surface area contributed by atoms with Crippen LogP contribution in [0.5, 0.6) is 0 Å². The number of hydrogen-bond donors (Lipinski definition) is 0. The lowest BCUT2D eigenvalue weighted by Crippen LogP contribution is -2.33. The molecule has 0 amide bonds. The molecule has 0 aliphatic heterocycles. The molecule has 0 saturated heterocycles. The van der Waals surface area contributed by atoms with E-state index in [0.717, 1.165) is 17.6 Å². The number of allylic oxidation sites excluding steroid dienone is 4. The number of fused-ring (bicyclic) bond motifs is 2. The number of hydrogen-bond acceptors (Lipinski definition) is 2. The van der Waals surface area contributed by atoms with Crippen LogP contribution in [0.3, 0.4) is 0 Å². The van der Waals surface area contributed by atoms with Crippen molar-refractivity contribution in [2.45, 2.75) is 16.1 Å². The molecule has 0 heterocycles. The topological polar surface area (TPSA) is 47.6 Å². The van der Waals surface area contributed by atoms with E-state index in [-0.39, 0.29) is 21.5 Å². The van der Waals surface area contributed by atoms with E-state index in [1.807, 2.05) is 12.2 Å². The lowest BCUT2D eigenvalue weighted by molar-refractivity contribution is 0.437. The third-order valence-electron chi connectivity index (χ3n) is 3.01. The van der Waals surface area contributed by atoms with Crippen molar-refractivity contribution in [2.24, 2.45) is 11.8 Å². The number of rotatable bonds is 0. The van der Waals surface area contributed by atoms with Crippen LogP contribution in [0, 0.1) is 34.5 Å². The Morgan fingerprint density at radius 1 is 1.00 bits per heavy atom. The van der Waals surface area contributed by atoms with E-state index in [0.29, 0.717) is 0 Å². The second-order valence-electron chi connectivity index (χ2n) is 3.81. The van der Waals surface area contributed by atoms with Gasteiger partial charge in [-0.05, 0) is 6.42 Å². The van der Waals surface area contributed by atoms with Crippen molar-refractivity contribution < 1.29 is 0 Å². The first-order chi connectivity index (χ1) is 7.17. The Kier molecular flexibility index (Phi) is 3.00. The number of nitriles is 2. The molecule has 0 aromatic rings. The second-order valence-corrected chi connectivity index (χ2v) is 5.92. The molecule has 15 heavy (non-hydrogen) atoms. The van der Waals surface area contributed by atoms with Crippen LogP contribution in [-0.2, 0) is 0 Å². The molecule has 4 heteroatoms. The Morgan fingerprint density at radius 3 is 1.73 bits per heavy atom. The monoisotopic (exact) mass is 326 g/mol. The molecule has 4 atom stereocenters. The minimum Gasteiger partial charge on any atom is -0.193 e. The largest absolute Gasteiger partial charge is 0.193 e. The molecule has 76 valence electrons. The summed E-state index contributed by atoms with van der Waals surface area (Å²) in [7, 11) is 0. The summed E-state index contributed by atoms with van der Waals surface area (Å²) in [4.78, 5) is 0.239. The van der Waals surface area contributed by atoms with Gasteiger partial charge in [0, 0.05) is 32.6 Å². The zero-order valence-corrected chi connectivity index (χ0v) is 11.0. The summed E-state index contributed by atoms with van der Waals surface area (Å²) in [5.41, 5.74) is 1.64. The van der Waals surface area contributed by atoms with Crippen LogP contribution in [0.15, 0.2) is 23.3 Å². The number of nitrogens with zero attached hydrogens (tertiary/aromatic N) is 2. The summed E-state index contributed by atoms with van der Waals surface area (Å²) in [5.74, 6) is 0.455. The lowest BCUT2D eigenvalue weighted by atomic mass is 9.72. The Hall–Kier alpha value is -0.580. The zero-order chi connectivity index (χ0) is 11.0. The van der Waals surface area contributed by atoms with Crippen molar-refractivity contribution in [3.05, 3.63) is 23.3 Å². The van der Waals surface area contributed by atoms with Crippen LogP contribution in [0.2, 0.25) is 0 Å². The van der Waals surface area contributed by atoms with E-state index in [2.05, 4.69) is 44.0 Å². The van der Waals surface area contributed by atoms with E-state index >= 15 is 0 Å². The van der Waals surface area contributed by atoms with E-state index in [9.17, 15) is 0 Å². The van der Waals surface area contributed by atoms with Gasteiger partial charge in [0.1, 0.15) is 0 Å². The molecule has 2 nitrogen and oxygen atoms in total.